The minimum Gasteiger partial charge on any atom is -0.495 e. The first-order valence-corrected chi connectivity index (χ1v) is 8.36. The van der Waals surface area contributed by atoms with Gasteiger partial charge in [0.2, 0.25) is 17.7 Å². The van der Waals surface area contributed by atoms with E-state index < -0.39 is 0 Å². The highest BCUT2D eigenvalue weighted by molar-refractivity contribution is 6.32. The van der Waals surface area contributed by atoms with Gasteiger partial charge >= 0.3 is 0 Å². The standard InChI is InChI=1S/C17H22ClN3O4/c1-12(22)19-6-8-20(9-7-19)17(24)11-21(13(2)23)14-4-5-16(25-3)15(18)10-14/h4-5,10H,6-9,11H2,1-3H3. The third-order valence-corrected chi connectivity index (χ3v) is 4.49. The summed E-state index contributed by atoms with van der Waals surface area (Å²) in [5.74, 6) is 0.0910. The predicted molar refractivity (Wildman–Crippen MR) is 94.9 cm³/mol. The molecule has 0 aromatic heterocycles. The normalized spacial score (nSPS) is 14.2. The average molecular weight is 368 g/mol. The Kier molecular flexibility index (Phi) is 6.25. The van der Waals surface area contributed by atoms with Crippen molar-refractivity contribution in [3.63, 3.8) is 0 Å². The number of nitrogens with zero attached hydrogens (tertiary/aromatic N) is 3. The maximum atomic E-state index is 12.5. The Bertz CT molecular complexity index is 672. The van der Waals surface area contributed by atoms with Crippen LogP contribution in [0.2, 0.25) is 5.02 Å². The number of rotatable bonds is 4. The summed E-state index contributed by atoms with van der Waals surface area (Å²) in [5.41, 5.74) is 0.536. The summed E-state index contributed by atoms with van der Waals surface area (Å²) in [7, 11) is 1.51. The van der Waals surface area contributed by atoms with E-state index in [1.165, 1.54) is 25.9 Å². The Labute approximate surface area is 152 Å². The lowest BCUT2D eigenvalue weighted by molar-refractivity contribution is -0.137. The number of hydrogen-bond acceptors (Lipinski definition) is 4. The number of piperazine rings is 1. The molecule has 0 spiro atoms. The van der Waals surface area contributed by atoms with E-state index in [1.807, 2.05) is 0 Å². The summed E-state index contributed by atoms with van der Waals surface area (Å²) in [4.78, 5) is 40.6. The molecule has 0 aliphatic carbocycles. The van der Waals surface area contributed by atoms with Crippen molar-refractivity contribution in [1.29, 1.82) is 0 Å². The third-order valence-electron chi connectivity index (χ3n) is 4.20. The van der Waals surface area contributed by atoms with Crippen LogP contribution in [0.25, 0.3) is 0 Å². The van der Waals surface area contributed by atoms with Gasteiger partial charge < -0.3 is 19.4 Å². The SMILES string of the molecule is COc1ccc(N(CC(=O)N2CCN(C(C)=O)CC2)C(C)=O)cc1Cl. The van der Waals surface area contributed by atoms with Crippen molar-refractivity contribution in [2.75, 3.05) is 44.7 Å². The first-order chi connectivity index (χ1) is 11.8. The van der Waals surface area contributed by atoms with E-state index in [0.29, 0.717) is 42.6 Å². The summed E-state index contributed by atoms with van der Waals surface area (Å²) in [6.45, 7) is 4.80. The van der Waals surface area contributed by atoms with E-state index in [4.69, 9.17) is 16.3 Å². The highest BCUT2D eigenvalue weighted by atomic mass is 35.5. The molecule has 1 saturated heterocycles. The molecule has 136 valence electrons. The summed E-state index contributed by atoms with van der Waals surface area (Å²) in [6, 6.07) is 4.94. The van der Waals surface area contributed by atoms with Crippen LogP contribution < -0.4 is 9.64 Å². The van der Waals surface area contributed by atoms with E-state index in [2.05, 4.69) is 0 Å². The minimum absolute atomic E-state index is 0.00494. The Morgan fingerprint density at radius 3 is 2.20 bits per heavy atom. The Balaban J connectivity index is 2.07. The zero-order valence-corrected chi connectivity index (χ0v) is 15.4. The van der Waals surface area contributed by atoms with Gasteiger partial charge in [-0.2, -0.15) is 0 Å². The number of carbonyl (C=O) groups excluding carboxylic acids is 3. The molecule has 0 bridgehead atoms. The van der Waals surface area contributed by atoms with Gasteiger partial charge in [0.05, 0.1) is 12.1 Å². The first kappa shape index (κ1) is 19.1. The van der Waals surface area contributed by atoms with Crippen LogP contribution in [0, 0.1) is 0 Å². The molecule has 1 aliphatic heterocycles. The molecule has 2 rings (SSSR count). The van der Waals surface area contributed by atoms with Crippen LogP contribution in [0.15, 0.2) is 18.2 Å². The Hall–Kier alpha value is -2.28. The summed E-state index contributed by atoms with van der Waals surface area (Å²) < 4.78 is 5.10. The second-order valence-corrected chi connectivity index (χ2v) is 6.22. The second kappa shape index (κ2) is 8.20. The van der Waals surface area contributed by atoms with Crippen molar-refractivity contribution >= 4 is 35.0 Å². The van der Waals surface area contributed by atoms with E-state index in [9.17, 15) is 14.4 Å². The van der Waals surface area contributed by atoms with Gasteiger partial charge in [0.15, 0.2) is 0 Å². The van der Waals surface area contributed by atoms with Crippen LogP contribution in [0.1, 0.15) is 13.8 Å². The van der Waals surface area contributed by atoms with Crippen LogP contribution >= 0.6 is 11.6 Å². The van der Waals surface area contributed by atoms with Gasteiger partial charge in [0.1, 0.15) is 12.3 Å². The van der Waals surface area contributed by atoms with E-state index in [0.717, 1.165) is 0 Å². The lowest BCUT2D eigenvalue weighted by Crippen LogP contribution is -2.52. The Morgan fingerprint density at radius 2 is 1.72 bits per heavy atom. The van der Waals surface area contributed by atoms with Crippen molar-refractivity contribution in [1.82, 2.24) is 9.80 Å². The van der Waals surface area contributed by atoms with Crippen LogP contribution in [-0.2, 0) is 14.4 Å². The highest BCUT2D eigenvalue weighted by Gasteiger charge is 2.25. The van der Waals surface area contributed by atoms with Crippen molar-refractivity contribution in [3.8, 4) is 5.75 Å². The van der Waals surface area contributed by atoms with E-state index in [1.54, 1.807) is 28.0 Å². The summed E-state index contributed by atoms with van der Waals surface area (Å²) in [5, 5.41) is 0.369. The number of carbonyl (C=O) groups is 3. The van der Waals surface area contributed by atoms with Crippen LogP contribution in [0.3, 0.4) is 0 Å². The van der Waals surface area contributed by atoms with Crippen molar-refractivity contribution in [2.24, 2.45) is 0 Å². The molecule has 1 aromatic carbocycles. The molecule has 0 atom stereocenters. The third kappa shape index (κ3) is 4.63. The smallest absolute Gasteiger partial charge is 0.242 e. The fourth-order valence-corrected chi connectivity index (χ4v) is 2.97. The van der Waals surface area contributed by atoms with Gasteiger partial charge in [0, 0.05) is 45.7 Å². The van der Waals surface area contributed by atoms with E-state index >= 15 is 0 Å². The molecule has 0 radical (unpaired) electrons. The topological polar surface area (TPSA) is 70.2 Å². The summed E-state index contributed by atoms with van der Waals surface area (Å²) >= 11 is 6.11. The number of halogens is 1. The molecule has 8 heteroatoms. The number of anilines is 1. The minimum atomic E-state index is -0.253. The lowest BCUT2D eigenvalue weighted by atomic mass is 10.2. The van der Waals surface area contributed by atoms with Crippen molar-refractivity contribution in [2.45, 2.75) is 13.8 Å². The lowest BCUT2D eigenvalue weighted by Gasteiger charge is -2.35. The number of ether oxygens (including phenoxy) is 1. The second-order valence-electron chi connectivity index (χ2n) is 5.81. The molecular weight excluding hydrogens is 346 g/mol. The van der Waals surface area contributed by atoms with Crippen LogP contribution in [0.5, 0.6) is 5.75 Å². The number of amides is 3. The van der Waals surface area contributed by atoms with Crippen molar-refractivity contribution < 1.29 is 19.1 Å². The Morgan fingerprint density at radius 1 is 1.12 bits per heavy atom. The zero-order valence-electron chi connectivity index (χ0n) is 14.6. The molecule has 0 unspecified atom stereocenters. The predicted octanol–water partition coefficient (Wildman–Crippen LogP) is 1.39. The first-order valence-electron chi connectivity index (χ1n) is 7.98. The van der Waals surface area contributed by atoms with Gasteiger partial charge in [0.25, 0.3) is 0 Å². The molecule has 3 amide bonds. The fraction of sp³-hybridized carbons (Fsp3) is 0.471. The van der Waals surface area contributed by atoms with Crippen molar-refractivity contribution in [3.05, 3.63) is 23.2 Å². The maximum absolute atomic E-state index is 12.5. The van der Waals surface area contributed by atoms with Gasteiger partial charge in [-0.05, 0) is 18.2 Å². The van der Waals surface area contributed by atoms with Crippen LogP contribution in [-0.4, -0.2) is 67.4 Å². The molecular formula is C17H22ClN3O4. The molecule has 0 N–H and O–H groups in total. The van der Waals surface area contributed by atoms with E-state index in [-0.39, 0.29) is 24.3 Å². The highest BCUT2D eigenvalue weighted by Crippen LogP contribution is 2.29. The molecule has 0 saturated carbocycles. The monoisotopic (exact) mass is 367 g/mol. The quantitative estimate of drug-likeness (QED) is 0.806. The molecule has 1 aliphatic rings. The molecule has 1 aromatic rings. The molecule has 1 fully saturated rings. The largest absolute Gasteiger partial charge is 0.495 e. The van der Waals surface area contributed by atoms with Gasteiger partial charge in [-0.15, -0.1) is 0 Å². The number of hydrogen-bond donors (Lipinski definition) is 0. The average Bonchev–Trinajstić information content (AvgIpc) is 2.59. The number of benzene rings is 1. The number of methoxy groups -OCH3 is 1. The van der Waals surface area contributed by atoms with Gasteiger partial charge in [-0.1, -0.05) is 11.6 Å². The fourth-order valence-electron chi connectivity index (χ4n) is 2.71. The maximum Gasteiger partial charge on any atom is 0.242 e. The van der Waals surface area contributed by atoms with Crippen LogP contribution in [0.4, 0.5) is 5.69 Å². The zero-order chi connectivity index (χ0) is 18.6. The molecule has 1 heterocycles. The summed E-state index contributed by atoms with van der Waals surface area (Å²) in [6.07, 6.45) is 0. The van der Waals surface area contributed by atoms with Gasteiger partial charge in [-0.3, -0.25) is 14.4 Å². The molecule has 7 nitrogen and oxygen atoms in total. The molecule has 25 heavy (non-hydrogen) atoms. The van der Waals surface area contributed by atoms with Gasteiger partial charge in [-0.25, -0.2) is 0 Å².